The third kappa shape index (κ3) is 27.7. The Hall–Kier alpha value is -0.520. The SMILES string of the molecule is CCCCCC(OCCOCCOC(CCCCC)C(CO)OC(CO)C(CCCCC)OCCOCCOC(CCCCC)C(O)CO)C(O)CO. The van der Waals surface area contributed by atoms with Gasteiger partial charge in [-0.05, 0) is 25.7 Å². The van der Waals surface area contributed by atoms with Crippen LogP contribution in [0.2, 0.25) is 0 Å². The highest BCUT2D eigenvalue weighted by atomic mass is 16.6. The van der Waals surface area contributed by atoms with Crippen LogP contribution in [0.3, 0.4) is 0 Å². The van der Waals surface area contributed by atoms with Gasteiger partial charge in [0.1, 0.15) is 24.4 Å². The van der Waals surface area contributed by atoms with Crippen molar-refractivity contribution in [2.24, 2.45) is 0 Å². The zero-order valence-electron chi connectivity index (χ0n) is 34.0. The number of hydrogen-bond acceptors (Lipinski definition) is 13. The van der Waals surface area contributed by atoms with Crippen molar-refractivity contribution in [3.8, 4) is 0 Å². The lowest BCUT2D eigenvalue weighted by molar-refractivity contribution is -0.173. The Morgan fingerprint density at radius 1 is 0.340 bits per heavy atom. The minimum atomic E-state index is -0.916. The summed E-state index contributed by atoms with van der Waals surface area (Å²) < 4.78 is 41.8. The van der Waals surface area contributed by atoms with Crippen LogP contribution in [-0.4, -0.2) is 159 Å². The Balaban J connectivity index is 5.04. The molecule has 0 aromatic heterocycles. The molecule has 0 aliphatic heterocycles. The summed E-state index contributed by atoms with van der Waals surface area (Å²) in [7, 11) is 0. The maximum Gasteiger partial charge on any atom is 0.107 e. The molecule has 0 amide bonds. The van der Waals surface area contributed by atoms with E-state index in [0.717, 1.165) is 77.0 Å². The van der Waals surface area contributed by atoms with Gasteiger partial charge in [-0.3, -0.25) is 0 Å². The summed E-state index contributed by atoms with van der Waals surface area (Å²) >= 11 is 0. The maximum atomic E-state index is 10.4. The van der Waals surface area contributed by atoms with Crippen molar-refractivity contribution in [2.45, 2.75) is 179 Å². The van der Waals surface area contributed by atoms with Gasteiger partial charge >= 0.3 is 0 Å². The van der Waals surface area contributed by atoms with Crippen molar-refractivity contribution in [1.29, 1.82) is 0 Å². The van der Waals surface area contributed by atoms with Crippen LogP contribution in [0.1, 0.15) is 130 Å². The molecule has 0 bridgehead atoms. The smallest absolute Gasteiger partial charge is 0.107 e. The average Bonchev–Trinajstić information content (AvgIpc) is 3.17. The van der Waals surface area contributed by atoms with Crippen molar-refractivity contribution in [3.63, 3.8) is 0 Å². The predicted molar refractivity (Wildman–Crippen MR) is 206 cm³/mol. The van der Waals surface area contributed by atoms with Crippen LogP contribution < -0.4 is 0 Å². The zero-order chi connectivity index (χ0) is 39.4. The summed E-state index contributed by atoms with van der Waals surface area (Å²) in [6.45, 7) is 9.67. The van der Waals surface area contributed by atoms with Crippen molar-refractivity contribution >= 4 is 0 Å². The van der Waals surface area contributed by atoms with Gasteiger partial charge in [0.2, 0.25) is 0 Å². The first-order chi connectivity index (χ1) is 25.9. The lowest BCUT2D eigenvalue weighted by Crippen LogP contribution is -2.44. The van der Waals surface area contributed by atoms with Crippen molar-refractivity contribution in [2.75, 3.05) is 79.3 Å². The number of hydrogen-bond donors (Lipinski definition) is 6. The van der Waals surface area contributed by atoms with Gasteiger partial charge in [0.25, 0.3) is 0 Å². The fourth-order valence-electron chi connectivity index (χ4n) is 6.10. The third-order valence-electron chi connectivity index (χ3n) is 9.38. The Morgan fingerprint density at radius 2 is 0.623 bits per heavy atom. The second kappa shape index (κ2) is 38.4. The summed E-state index contributed by atoms with van der Waals surface area (Å²) in [4.78, 5) is 0. The fourth-order valence-corrected chi connectivity index (χ4v) is 6.10. The predicted octanol–water partition coefficient (Wildman–Crippen LogP) is 4.33. The molecule has 0 spiro atoms. The summed E-state index contributed by atoms with van der Waals surface area (Å²) in [5, 5.41) is 59.8. The van der Waals surface area contributed by atoms with E-state index in [-0.39, 0.29) is 39.6 Å². The number of unbranched alkanes of at least 4 members (excludes halogenated alkanes) is 8. The molecule has 0 aromatic rings. The van der Waals surface area contributed by atoms with Crippen molar-refractivity contribution in [3.05, 3.63) is 0 Å². The topological polar surface area (TPSA) is 186 Å². The molecule has 0 aliphatic carbocycles. The first kappa shape index (κ1) is 52.5. The van der Waals surface area contributed by atoms with Crippen LogP contribution in [0, 0.1) is 0 Å². The van der Waals surface area contributed by atoms with Crippen LogP contribution in [0.5, 0.6) is 0 Å². The molecule has 0 rings (SSSR count). The molecule has 8 unspecified atom stereocenters. The van der Waals surface area contributed by atoms with Gasteiger partial charge in [0, 0.05) is 0 Å². The molecule has 0 radical (unpaired) electrons. The summed E-state index contributed by atoms with van der Waals surface area (Å²) in [6.07, 6.45) is 9.89. The standard InChI is InChI=1S/C40H82O13/c1-5-9-13-17-35(33(45)29-41)49-25-21-47-23-27-51-37(19-15-11-7-3)39(31-43)53-40(32-44)38(20-16-12-8-4)52-28-24-48-22-26-50-36(34(46)30-42)18-14-10-6-2/h33-46H,5-32H2,1-4H3. The van der Waals surface area contributed by atoms with E-state index in [2.05, 4.69) is 27.7 Å². The molecule has 53 heavy (non-hydrogen) atoms. The molecule has 0 fully saturated rings. The van der Waals surface area contributed by atoms with Gasteiger partial charge in [-0.2, -0.15) is 0 Å². The van der Waals surface area contributed by atoms with Crippen LogP contribution in [0.15, 0.2) is 0 Å². The van der Waals surface area contributed by atoms with Gasteiger partial charge in [-0.15, -0.1) is 0 Å². The first-order valence-electron chi connectivity index (χ1n) is 20.9. The molecule has 0 aromatic carbocycles. The summed E-state index contributed by atoms with van der Waals surface area (Å²) in [5.74, 6) is 0. The Morgan fingerprint density at radius 3 is 0.887 bits per heavy atom. The van der Waals surface area contributed by atoms with E-state index < -0.39 is 48.8 Å². The van der Waals surface area contributed by atoms with E-state index in [1.165, 1.54) is 0 Å². The molecule has 0 aliphatic rings. The Kier molecular flexibility index (Phi) is 38.0. The van der Waals surface area contributed by atoms with Gasteiger partial charge < -0.3 is 63.8 Å². The molecule has 13 heteroatoms. The molecular weight excluding hydrogens is 688 g/mol. The summed E-state index contributed by atoms with van der Waals surface area (Å²) in [6, 6.07) is 0. The van der Waals surface area contributed by atoms with E-state index in [1.54, 1.807) is 0 Å². The number of aliphatic hydroxyl groups is 6. The van der Waals surface area contributed by atoms with Gasteiger partial charge in [-0.25, -0.2) is 0 Å². The Labute approximate surface area is 322 Å². The highest BCUT2D eigenvalue weighted by Gasteiger charge is 2.30. The molecule has 0 heterocycles. The maximum absolute atomic E-state index is 10.4. The average molecular weight is 771 g/mol. The molecule has 320 valence electrons. The lowest BCUT2D eigenvalue weighted by atomic mass is 10.0. The van der Waals surface area contributed by atoms with Gasteiger partial charge in [0.15, 0.2) is 0 Å². The van der Waals surface area contributed by atoms with Gasteiger partial charge in [-0.1, -0.05) is 105 Å². The molecular formula is C40H82O13. The van der Waals surface area contributed by atoms with E-state index in [0.29, 0.717) is 65.3 Å². The first-order valence-corrected chi connectivity index (χ1v) is 20.9. The third-order valence-corrected chi connectivity index (χ3v) is 9.38. The fraction of sp³-hybridized carbons (Fsp3) is 1.00. The largest absolute Gasteiger partial charge is 0.394 e. The highest BCUT2D eigenvalue weighted by molar-refractivity contribution is 4.78. The number of ether oxygens (including phenoxy) is 7. The van der Waals surface area contributed by atoms with Crippen LogP contribution in [0.4, 0.5) is 0 Å². The van der Waals surface area contributed by atoms with Crippen LogP contribution in [-0.2, 0) is 33.2 Å². The molecule has 0 saturated heterocycles. The second-order valence-corrected chi connectivity index (χ2v) is 13.9. The Bertz CT molecular complexity index is 679. The van der Waals surface area contributed by atoms with E-state index in [4.69, 9.17) is 33.2 Å². The zero-order valence-corrected chi connectivity index (χ0v) is 34.0. The molecule has 6 N–H and O–H groups in total. The van der Waals surface area contributed by atoms with Crippen LogP contribution in [0.25, 0.3) is 0 Å². The number of rotatable bonds is 42. The molecule has 13 nitrogen and oxygen atoms in total. The molecule has 8 atom stereocenters. The highest BCUT2D eigenvalue weighted by Crippen LogP contribution is 2.20. The number of aliphatic hydroxyl groups excluding tert-OH is 6. The molecule has 0 saturated carbocycles. The van der Waals surface area contributed by atoms with E-state index >= 15 is 0 Å². The van der Waals surface area contributed by atoms with Crippen molar-refractivity contribution < 1.29 is 63.8 Å². The summed E-state index contributed by atoms with van der Waals surface area (Å²) in [5.41, 5.74) is 0. The quantitative estimate of drug-likeness (QED) is 0.0483. The van der Waals surface area contributed by atoms with Crippen molar-refractivity contribution in [1.82, 2.24) is 0 Å². The second-order valence-electron chi connectivity index (χ2n) is 13.9. The van der Waals surface area contributed by atoms with E-state index in [9.17, 15) is 30.6 Å². The lowest BCUT2D eigenvalue weighted by Gasteiger charge is -2.33. The minimum absolute atomic E-state index is 0.274. The van der Waals surface area contributed by atoms with Gasteiger partial charge in [0.05, 0.1) is 104 Å². The monoisotopic (exact) mass is 771 g/mol. The normalized spacial score (nSPS) is 16.6. The minimum Gasteiger partial charge on any atom is -0.394 e. The van der Waals surface area contributed by atoms with E-state index in [1.807, 2.05) is 0 Å². The van der Waals surface area contributed by atoms with Crippen LogP contribution >= 0.6 is 0 Å².